The van der Waals surface area contributed by atoms with E-state index in [4.69, 9.17) is 23.5 Å². The number of fused-ring (bicyclic) bond motifs is 2. The molecule has 19 heteroatoms. The van der Waals surface area contributed by atoms with Crippen LogP contribution in [0.2, 0.25) is 0 Å². The van der Waals surface area contributed by atoms with Crippen LogP contribution < -0.4 is 20.5 Å². The third-order valence-corrected chi connectivity index (χ3v) is 11.2. The quantitative estimate of drug-likeness (QED) is 0.0212. The molecule has 19 nitrogen and oxygen atoms in total. The van der Waals surface area contributed by atoms with Gasteiger partial charge in [0.2, 0.25) is 24.7 Å². The standard InChI is InChI=1S/C45H47N3O16/c1-23-17-24(2)19-27(18-23)36-34-26(12-14-47-34)21-48(36)64-40-44(61-29-10-11-30-32(20-29)60-22-31(37(30)53)25-6-8-28(51)9-7-25)62-38(39(54)45(40,59)33(52)5-3-15-49)43(58)63-42(57)35(41(55)56)46-13-4-16-50/h6-12,14,16-20,22,33,35,38-40,43-44,46,49,51-52,54,58-59H,3-5,13,15,21H2,1-2H3,(H,55,56)/p+1. The number of carboxylic acid groups (broad SMARTS) is 1. The minimum Gasteiger partial charge on any atom is -0.508 e. The first-order valence-electron chi connectivity index (χ1n) is 20.4. The summed E-state index contributed by atoms with van der Waals surface area (Å²) in [5.74, 6) is -3.34. The Labute approximate surface area is 364 Å². The van der Waals surface area contributed by atoms with E-state index in [1.165, 1.54) is 36.6 Å². The predicted molar refractivity (Wildman–Crippen MR) is 224 cm³/mol. The Bertz CT molecular complexity index is 2530. The number of benzene rings is 3. The van der Waals surface area contributed by atoms with E-state index in [-0.39, 0.29) is 65.4 Å². The molecule has 0 aliphatic carbocycles. The van der Waals surface area contributed by atoms with Gasteiger partial charge in [0, 0.05) is 43.0 Å². The molecule has 3 aliphatic rings. The Morgan fingerprint density at radius 2 is 1.80 bits per heavy atom. The zero-order valence-electron chi connectivity index (χ0n) is 34.6. The highest BCUT2D eigenvalue weighted by atomic mass is 16.8. The van der Waals surface area contributed by atoms with Gasteiger partial charge >= 0.3 is 11.9 Å². The van der Waals surface area contributed by atoms with Crippen LogP contribution in [0.1, 0.15) is 36.0 Å². The number of nitrogens with zero attached hydrogens (tertiary/aromatic N) is 1. The number of carbonyl (C=O) groups is 3. The first kappa shape index (κ1) is 45.9. The Balaban J connectivity index is 1.30. The highest BCUT2D eigenvalue weighted by Crippen LogP contribution is 2.39. The molecule has 0 radical (unpaired) electrons. The van der Waals surface area contributed by atoms with Crippen LogP contribution in [0.3, 0.4) is 0 Å². The highest BCUT2D eigenvalue weighted by Gasteiger charge is 2.65. The molecule has 3 aromatic carbocycles. The summed E-state index contributed by atoms with van der Waals surface area (Å²) in [6.07, 6.45) is -8.32. The van der Waals surface area contributed by atoms with E-state index in [9.17, 15) is 54.9 Å². The molecule has 0 spiro atoms. The zero-order valence-corrected chi connectivity index (χ0v) is 34.6. The van der Waals surface area contributed by atoms with Gasteiger partial charge in [-0.05, 0) is 74.7 Å². The van der Waals surface area contributed by atoms with E-state index in [1.807, 2.05) is 32.0 Å². The molecule has 9 unspecified atom stereocenters. The van der Waals surface area contributed by atoms with Crippen molar-refractivity contribution in [2.24, 2.45) is 4.99 Å². The van der Waals surface area contributed by atoms with E-state index in [0.717, 1.165) is 16.7 Å². The molecule has 338 valence electrons. The number of phenolic OH excluding ortho intramolecular Hbond substituents is 1. The number of rotatable bonds is 18. The third-order valence-electron chi connectivity index (χ3n) is 11.2. The van der Waals surface area contributed by atoms with Crippen molar-refractivity contribution in [2.45, 2.75) is 81.7 Å². The number of carbonyl (C=O) groups excluding carboxylic acids is 2. The minimum atomic E-state index is -2.88. The van der Waals surface area contributed by atoms with Gasteiger partial charge in [0.05, 0.1) is 17.1 Å². The summed E-state index contributed by atoms with van der Waals surface area (Å²) >= 11 is 0. The summed E-state index contributed by atoms with van der Waals surface area (Å²) in [6.45, 7) is 3.27. The number of carboxylic acids is 1. The SMILES string of the molecule is Cc1cc(C)cc(C2=C3N=CC=C3C[NH+]2OC2C(Oc3ccc4c(=O)c(-c5ccc(O)cc5)coc4c3)OC(C(O)OC(=O)C(NCCC=O)C(=O)O)C(O)C2(O)C(O)CCCO)c1. The summed E-state index contributed by atoms with van der Waals surface area (Å²) in [5, 5.41) is 79.9. The average Bonchev–Trinajstić information content (AvgIpc) is 3.85. The molecule has 4 aromatic rings. The minimum absolute atomic E-state index is 0.00152. The second kappa shape index (κ2) is 19.3. The molecule has 9 N–H and O–H groups in total. The second-order valence-electron chi connectivity index (χ2n) is 15.7. The number of aldehydes is 1. The number of hydrogen-bond donors (Lipinski definition) is 9. The summed E-state index contributed by atoms with van der Waals surface area (Å²) < 4.78 is 23.4. The molecule has 7 rings (SSSR count). The summed E-state index contributed by atoms with van der Waals surface area (Å²) in [4.78, 5) is 60.8. The van der Waals surface area contributed by atoms with Crippen molar-refractivity contribution >= 4 is 41.1 Å². The molecule has 3 aliphatic heterocycles. The van der Waals surface area contributed by atoms with Crippen LogP contribution in [0.25, 0.3) is 27.8 Å². The van der Waals surface area contributed by atoms with Crippen LogP contribution in [0.15, 0.2) is 98.5 Å². The number of aliphatic imine (C=N–C) groups is 1. The number of aromatic hydroxyl groups is 1. The van der Waals surface area contributed by atoms with Crippen molar-refractivity contribution in [3.8, 4) is 22.6 Å². The van der Waals surface area contributed by atoms with Crippen LogP contribution in [0.4, 0.5) is 0 Å². The van der Waals surface area contributed by atoms with Crippen molar-refractivity contribution in [2.75, 3.05) is 19.7 Å². The predicted octanol–water partition coefficient (Wildman–Crippen LogP) is 0.183. The van der Waals surface area contributed by atoms with Gasteiger partial charge in [-0.15, -0.1) is 0 Å². The molecule has 0 saturated carbocycles. The maximum absolute atomic E-state index is 13.6. The number of esters is 1. The Morgan fingerprint density at radius 1 is 1.06 bits per heavy atom. The number of nitrogens with one attached hydrogen (secondary N) is 2. The lowest BCUT2D eigenvalue weighted by molar-refractivity contribution is -1.04. The summed E-state index contributed by atoms with van der Waals surface area (Å²) in [6, 6.07) is 13.7. The Hall–Kier alpha value is -6.13. The second-order valence-corrected chi connectivity index (χ2v) is 15.7. The Kier molecular flexibility index (Phi) is 13.8. The van der Waals surface area contributed by atoms with Gasteiger partial charge in [-0.1, -0.05) is 29.3 Å². The van der Waals surface area contributed by atoms with E-state index < -0.39 is 72.6 Å². The molecular formula is C45H48N3O16+. The number of hydroxylamine groups is 2. The molecule has 1 fully saturated rings. The van der Waals surface area contributed by atoms with E-state index in [1.54, 1.807) is 24.4 Å². The van der Waals surface area contributed by atoms with E-state index >= 15 is 0 Å². The lowest BCUT2D eigenvalue weighted by Gasteiger charge is -2.51. The first-order valence-corrected chi connectivity index (χ1v) is 20.4. The number of quaternary nitrogens is 1. The van der Waals surface area contributed by atoms with Crippen molar-refractivity contribution in [3.63, 3.8) is 0 Å². The van der Waals surface area contributed by atoms with Crippen molar-refractivity contribution in [3.05, 3.63) is 111 Å². The number of ether oxygens (including phenoxy) is 3. The van der Waals surface area contributed by atoms with Crippen LogP contribution >= 0.6 is 0 Å². The van der Waals surface area contributed by atoms with Crippen LogP contribution in [0, 0.1) is 13.8 Å². The zero-order chi connectivity index (χ0) is 45.9. The van der Waals surface area contributed by atoms with Crippen molar-refractivity contribution in [1.82, 2.24) is 5.32 Å². The molecule has 0 bridgehead atoms. The molecule has 4 heterocycles. The molecular weight excluding hydrogens is 839 g/mol. The average molecular weight is 887 g/mol. The van der Waals surface area contributed by atoms with Gasteiger partial charge < -0.3 is 59.2 Å². The normalized spacial score (nSPS) is 24.2. The van der Waals surface area contributed by atoms with Gasteiger partial charge in [-0.25, -0.2) is 14.6 Å². The van der Waals surface area contributed by atoms with E-state index in [0.29, 0.717) is 28.8 Å². The fourth-order valence-electron chi connectivity index (χ4n) is 8.08. The van der Waals surface area contributed by atoms with Crippen LogP contribution in [-0.4, -0.2) is 129 Å². The van der Waals surface area contributed by atoms with Gasteiger partial charge in [0.25, 0.3) is 0 Å². The molecule has 64 heavy (non-hydrogen) atoms. The number of aliphatic hydroxyl groups is 5. The lowest BCUT2D eigenvalue weighted by atomic mass is 9.77. The van der Waals surface area contributed by atoms with Gasteiger partial charge in [-0.3, -0.25) is 10.1 Å². The number of allylic oxidation sites excluding steroid dienone is 1. The number of aliphatic carboxylic acids is 1. The maximum atomic E-state index is 13.6. The van der Waals surface area contributed by atoms with Gasteiger partial charge in [0.15, 0.2) is 22.8 Å². The maximum Gasteiger partial charge on any atom is 0.337 e. The largest absolute Gasteiger partial charge is 0.508 e. The molecule has 1 saturated heterocycles. The summed E-state index contributed by atoms with van der Waals surface area (Å²) in [7, 11) is 0. The number of phenols is 1. The Morgan fingerprint density at radius 3 is 2.48 bits per heavy atom. The van der Waals surface area contributed by atoms with E-state index in [2.05, 4.69) is 10.3 Å². The van der Waals surface area contributed by atoms with Crippen LogP contribution in [0.5, 0.6) is 11.5 Å². The molecule has 0 amide bonds. The highest BCUT2D eigenvalue weighted by molar-refractivity contribution is 5.98. The third kappa shape index (κ3) is 9.25. The number of aryl methyl sites for hydroxylation is 2. The molecule has 1 aromatic heterocycles. The van der Waals surface area contributed by atoms with Crippen LogP contribution in [-0.2, 0) is 28.7 Å². The lowest BCUT2D eigenvalue weighted by Crippen LogP contribution is -3.09. The van der Waals surface area contributed by atoms with Crippen molar-refractivity contribution in [1.29, 1.82) is 0 Å². The smallest absolute Gasteiger partial charge is 0.337 e. The number of aliphatic hydroxyl groups excluding tert-OH is 4. The summed E-state index contributed by atoms with van der Waals surface area (Å²) in [5.41, 5.74) is 1.81. The molecule has 9 atom stereocenters. The van der Waals surface area contributed by atoms with Gasteiger partial charge in [-0.2, -0.15) is 9.90 Å². The van der Waals surface area contributed by atoms with Crippen molar-refractivity contribution < 1.29 is 78.7 Å². The monoisotopic (exact) mass is 886 g/mol. The fraction of sp³-hybridized carbons (Fsp3) is 0.356. The first-order chi connectivity index (χ1) is 30.6. The van der Waals surface area contributed by atoms with Gasteiger partial charge in [0.1, 0.15) is 48.0 Å². The topological polar surface area (TPSA) is 289 Å². The number of hydrogen-bond acceptors (Lipinski definition) is 17. The fourth-order valence-corrected chi connectivity index (χ4v) is 8.08.